The number of carbonyl (C=O) groups excluding carboxylic acids is 1. The normalized spacial score (nSPS) is 10.3. The zero-order chi connectivity index (χ0) is 15.3. The lowest BCUT2D eigenvalue weighted by molar-refractivity contribution is 0.0601. The van der Waals surface area contributed by atoms with Gasteiger partial charge in [0.15, 0.2) is 5.11 Å². The van der Waals surface area contributed by atoms with Crippen molar-refractivity contribution < 1.29 is 9.53 Å². The van der Waals surface area contributed by atoms with Gasteiger partial charge in [-0.05, 0) is 38.2 Å². The summed E-state index contributed by atoms with van der Waals surface area (Å²) < 4.78 is 4.67. The Labute approximate surface area is 133 Å². The van der Waals surface area contributed by atoms with Crippen LogP contribution in [0.5, 0.6) is 0 Å². The number of hydrogen-bond acceptors (Lipinski definition) is 3. The van der Waals surface area contributed by atoms with E-state index >= 15 is 0 Å². The van der Waals surface area contributed by atoms with Crippen LogP contribution in [0.1, 0.15) is 29.8 Å². The molecule has 0 saturated carbocycles. The van der Waals surface area contributed by atoms with Gasteiger partial charge in [0.25, 0.3) is 0 Å². The summed E-state index contributed by atoms with van der Waals surface area (Å²) in [6, 6.07) is 3.36. The Bertz CT molecular complexity index is 521. The Balaban J connectivity index is 2.89. The molecule has 20 heavy (non-hydrogen) atoms. The summed E-state index contributed by atoms with van der Waals surface area (Å²) in [6.07, 6.45) is 0. The molecule has 110 valence electrons. The standard InChI is InChI=1S/C13H16Cl2N2O2S/c1-7(2)17-13(20)16-6-9-10(14)5-4-8(11(9)15)12(18)19-3/h4-5,7H,6H2,1-3H3,(H2,16,17,20). The van der Waals surface area contributed by atoms with Crippen LogP contribution in [-0.2, 0) is 11.3 Å². The van der Waals surface area contributed by atoms with Gasteiger partial charge in [0.1, 0.15) is 0 Å². The van der Waals surface area contributed by atoms with Gasteiger partial charge in [-0.3, -0.25) is 0 Å². The SMILES string of the molecule is COC(=O)c1ccc(Cl)c(CNC(=S)NC(C)C)c1Cl. The van der Waals surface area contributed by atoms with Gasteiger partial charge in [-0.2, -0.15) is 0 Å². The summed E-state index contributed by atoms with van der Waals surface area (Å²) in [4.78, 5) is 11.6. The average molecular weight is 335 g/mol. The van der Waals surface area contributed by atoms with Crippen molar-refractivity contribution in [2.24, 2.45) is 0 Å². The number of ether oxygens (including phenoxy) is 1. The molecule has 7 heteroatoms. The number of nitrogens with one attached hydrogen (secondary N) is 2. The number of rotatable bonds is 4. The maximum absolute atomic E-state index is 11.6. The monoisotopic (exact) mass is 334 g/mol. The highest BCUT2D eigenvalue weighted by Crippen LogP contribution is 2.28. The van der Waals surface area contributed by atoms with Crippen molar-refractivity contribution in [1.82, 2.24) is 10.6 Å². The van der Waals surface area contributed by atoms with E-state index in [1.54, 1.807) is 6.07 Å². The van der Waals surface area contributed by atoms with E-state index in [0.717, 1.165) is 0 Å². The van der Waals surface area contributed by atoms with E-state index in [0.29, 0.717) is 22.2 Å². The molecule has 2 N–H and O–H groups in total. The number of carbonyl (C=O) groups is 1. The Kier molecular flexibility index (Phi) is 6.52. The van der Waals surface area contributed by atoms with Gasteiger partial charge in [0.05, 0.1) is 17.7 Å². The van der Waals surface area contributed by atoms with E-state index in [9.17, 15) is 4.79 Å². The van der Waals surface area contributed by atoms with E-state index in [1.165, 1.54) is 13.2 Å². The molecule has 0 atom stereocenters. The Hall–Kier alpha value is -1.04. The molecular formula is C13H16Cl2N2O2S. The molecule has 4 nitrogen and oxygen atoms in total. The van der Waals surface area contributed by atoms with Gasteiger partial charge < -0.3 is 15.4 Å². The second-order valence-corrected chi connectivity index (χ2v) is 5.55. The number of hydrogen-bond donors (Lipinski definition) is 2. The molecule has 0 aromatic heterocycles. The topological polar surface area (TPSA) is 50.4 Å². The highest BCUT2D eigenvalue weighted by molar-refractivity contribution is 7.80. The summed E-state index contributed by atoms with van der Waals surface area (Å²) in [5.41, 5.74) is 0.877. The van der Waals surface area contributed by atoms with Gasteiger partial charge >= 0.3 is 5.97 Å². The molecule has 0 amide bonds. The summed E-state index contributed by atoms with van der Waals surface area (Å²) in [5.74, 6) is -0.504. The number of esters is 1. The fourth-order valence-electron chi connectivity index (χ4n) is 1.51. The number of thiocarbonyl (C=S) groups is 1. The molecule has 0 fully saturated rings. The summed E-state index contributed by atoms with van der Waals surface area (Å²) in [6.45, 7) is 4.28. The molecule has 0 spiro atoms. The van der Waals surface area contributed by atoms with Crippen molar-refractivity contribution in [2.75, 3.05) is 7.11 Å². The van der Waals surface area contributed by atoms with Crippen LogP contribution in [0.3, 0.4) is 0 Å². The Morgan fingerprint density at radius 2 is 2.05 bits per heavy atom. The zero-order valence-electron chi connectivity index (χ0n) is 11.4. The van der Waals surface area contributed by atoms with Crippen molar-refractivity contribution in [1.29, 1.82) is 0 Å². The number of benzene rings is 1. The van der Waals surface area contributed by atoms with Crippen LogP contribution in [0, 0.1) is 0 Å². The first-order valence-corrected chi connectivity index (χ1v) is 7.12. The first-order chi connectivity index (χ1) is 9.36. The Morgan fingerprint density at radius 3 is 2.60 bits per heavy atom. The molecule has 0 saturated heterocycles. The highest BCUT2D eigenvalue weighted by Gasteiger charge is 2.16. The van der Waals surface area contributed by atoms with Crippen molar-refractivity contribution in [3.63, 3.8) is 0 Å². The predicted molar refractivity (Wildman–Crippen MR) is 85.5 cm³/mol. The lowest BCUT2D eigenvalue weighted by Gasteiger charge is -2.15. The minimum atomic E-state index is -0.504. The predicted octanol–water partition coefficient (Wildman–Crippen LogP) is 3.15. The van der Waals surface area contributed by atoms with E-state index in [-0.39, 0.29) is 16.6 Å². The Morgan fingerprint density at radius 1 is 1.40 bits per heavy atom. The van der Waals surface area contributed by atoms with Crippen LogP contribution in [-0.4, -0.2) is 24.2 Å². The van der Waals surface area contributed by atoms with Crippen molar-refractivity contribution >= 4 is 46.5 Å². The maximum Gasteiger partial charge on any atom is 0.339 e. The molecule has 1 aromatic carbocycles. The molecule has 1 rings (SSSR count). The van der Waals surface area contributed by atoms with Crippen LogP contribution in [0.4, 0.5) is 0 Å². The molecular weight excluding hydrogens is 319 g/mol. The quantitative estimate of drug-likeness (QED) is 0.654. The van der Waals surface area contributed by atoms with Crippen LogP contribution in [0.2, 0.25) is 10.0 Å². The van der Waals surface area contributed by atoms with Crippen molar-refractivity contribution in [2.45, 2.75) is 26.4 Å². The molecule has 1 aromatic rings. The lowest BCUT2D eigenvalue weighted by atomic mass is 10.1. The van der Waals surface area contributed by atoms with Gasteiger partial charge in [0, 0.05) is 23.2 Å². The minimum Gasteiger partial charge on any atom is -0.465 e. The molecule has 0 unspecified atom stereocenters. The molecule has 0 radical (unpaired) electrons. The number of methoxy groups -OCH3 is 1. The number of halogens is 2. The fraction of sp³-hybridized carbons (Fsp3) is 0.385. The molecule has 0 aliphatic rings. The molecule has 0 bridgehead atoms. The van der Waals surface area contributed by atoms with Crippen LogP contribution in [0.25, 0.3) is 0 Å². The highest BCUT2D eigenvalue weighted by atomic mass is 35.5. The maximum atomic E-state index is 11.6. The third-order valence-electron chi connectivity index (χ3n) is 2.44. The van der Waals surface area contributed by atoms with Gasteiger partial charge in [-0.1, -0.05) is 23.2 Å². The molecule has 0 aliphatic heterocycles. The summed E-state index contributed by atoms with van der Waals surface area (Å²) in [7, 11) is 1.30. The fourth-order valence-corrected chi connectivity index (χ4v) is 2.40. The molecule has 0 heterocycles. The van der Waals surface area contributed by atoms with Gasteiger partial charge in [-0.15, -0.1) is 0 Å². The van der Waals surface area contributed by atoms with Crippen LogP contribution in [0.15, 0.2) is 12.1 Å². The van der Waals surface area contributed by atoms with E-state index in [1.807, 2.05) is 13.8 Å². The van der Waals surface area contributed by atoms with Gasteiger partial charge in [0.2, 0.25) is 0 Å². The van der Waals surface area contributed by atoms with E-state index < -0.39 is 5.97 Å². The van der Waals surface area contributed by atoms with Crippen molar-refractivity contribution in [3.05, 3.63) is 33.3 Å². The smallest absolute Gasteiger partial charge is 0.339 e. The van der Waals surface area contributed by atoms with Crippen molar-refractivity contribution in [3.8, 4) is 0 Å². The van der Waals surface area contributed by atoms with E-state index in [4.69, 9.17) is 35.4 Å². The first-order valence-electron chi connectivity index (χ1n) is 5.96. The third kappa shape index (κ3) is 4.51. The average Bonchev–Trinajstić information content (AvgIpc) is 2.37. The summed E-state index contributed by atoms with van der Waals surface area (Å²) in [5, 5.41) is 7.26. The lowest BCUT2D eigenvalue weighted by Crippen LogP contribution is -2.38. The van der Waals surface area contributed by atoms with Gasteiger partial charge in [-0.25, -0.2) is 4.79 Å². The minimum absolute atomic E-state index is 0.224. The largest absolute Gasteiger partial charge is 0.465 e. The summed E-state index contributed by atoms with van der Waals surface area (Å²) >= 11 is 17.4. The van der Waals surface area contributed by atoms with E-state index in [2.05, 4.69) is 15.4 Å². The molecule has 0 aliphatic carbocycles. The van der Waals surface area contributed by atoms with Crippen LogP contribution < -0.4 is 10.6 Å². The second kappa shape index (κ2) is 7.67. The zero-order valence-corrected chi connectivity index (χ0v) is 13.7. The third-order valence-corrected chi connectivity index (χ3v) is 3.48. The second-order valence-electron chi connectivity index (χ2n) is 4.36. The van der Waals surface area contributed by atoms with Crippen LogP contribution >= 0.6 is 35.4 Å². The first kappa shape index (κ1) is 17.0.